The molecule has 7 nitrogen and oxygen atoms in total. The lowest BCUT2D eigenvalue weighted by Crippen LogP contribution is -2.54. The van der Waals surface area contributed by atoms with Crippen molar-refractivity contribution in [3.8, 4) is 0 Å². The molecular weight excluding hydrogens is 376 g/mol. The molecule has 3 rings (SSSR count). The van der Waals surface area contributed by atoms with E-state index in [1.165, 1.54) is 16.4 Å². The van der Waals surface area contributed by atoms with Crippen LogP contribution >= 0.6 is 11.6 Å². The Morgan fingerprint density at radius 3 is 2.25 bits per heavy atom. The zero-order chi connectivity index (χ0) is 17.5. The molecule has 2 saturated heterocycles. The molecule has 1 aromatic carbocycles. The van der Waals surface area contributed by atoms with E-state index in [9.17, 15) is 21.9 Å². The van der Waals surface area contributed by atoms with Crippen LogP contribution in [0.25, 0.3) is 0 Å². The Bertz CT molecular complexity index is 819. The Labute approximate surface area is 146 Å². The van der Waals surface area contributed by atoms with Gasteiger partial charge in [0.05, 0.1) is 28.7 Å². The van der Waals surface area contributed by atoms with Gasteiger partial charge in [0.2, 0.25) is 10.0 Å². The molecule has 0 aromatic heterocycles. The van der Waals surface area contributed by atoms with Crippen LogP contribution in [0.2, 0.25) is 5.02 Å². The molecule has 1 N–H and O–H groups in total. The molecule has 134 valence electrons. The van der Waals surface area contributed by atoms with Crippen LogP contribution in [0.1, 0.15) is 0 Å². The number of rotatable bonds is 3. The van der Waals surface area contributed by atoms with Crippen molar-refractivity contribution in [2.45, 2.75) is 17.0 Å². The summed E-state index contributed by atoms with van der Waals surface area (Å²) in [5.41, 5.74) is 0. The van der Waals surface area contributed by atoms with Gasteiger partial charge in [-0.25, -0.2) is 16.8 Å². The summed E-state index contributed by atoms with van der Waals surface area (Å²) in [5.74, 6) is -0.304. The number of piperazine rings is 1. The van der Waals surface area contributed by atoms with Crippen molar-refractivity contribution < 1.29 is 21.9 Å². The quantitative estimate of drug-likeness (QED) is 0.763. The highest BCUT2D eigenvalue weighted by molar-refractivity contribution is 7.91. The number of benzene rings is 1. The first-order chi connectivity index (χ1) is 11.2. The van der Waals surface area contributed by atoms with Crippen molar-refractivity contribution in [3.05, 3.63) is 29.3 Å². The molecule has 2 fully saturated rings. The Morgan fingerprint density at radius 2 is 1.71 bits per heavy atom. The van der Waals surface area contributed by atoms with Gasteiger partial charge in [0.1, 0.15) is 4.90 Å². The van der Waals surface area contributed by atoms with Crippen molar-refractivity contribution in [1.29, 1.82) is 0 Å². The number of aliphatic hydroxyl groups is 1. The van der Waals surface area contributed by atoms with Gasteiger partial charge in [-0.3, -0.25) is 4.90 Å². The smallest absolute Gasteiger partial charge is 0.244 e. The molecule has 24 heavy (non-hydrogen) atoms. The summed E-state index contributed by atoms with van der Waals surface area (Å²) >= 11 is 5.99. The predicted molar refractivity (Wildman–Crippen MR) is 90.2 cm³/mol. The third kappa shape index (κ3) is 3.47. The molecule has 0 radical (unpaired) electrons. The van der Waals surface area contributed by atoms with Crippen LogP contribution in [0, 0.1) is 0 Å². The maximum absolute atomic E-state index is 12.7. The van der Waals surface area contributed by atoms with Crippen LogP contribution in [0.3, 0.4) is 0 Å². The van der Waals surface area contributed by atoms with E-state index in [1.807, 2.05) is 4.90 Å². The summed E-state index contributed by atoms with van der Waals surface area (Å²) in [6, 6.07) is 5.83. The van der Waals surface area contributed by atoms with E-state index in [1.54, 1.807) is 12.1 Å². The third-order valence-corrected chi connectivity index (χ3v) is 8.59. The fraction of sp³-hybridized carbons (Fsp3) is 0.571. The Balaban J connectivity index is 1.70. The van der Waals surface area contributed by atoms with E-state index in [4.69, 9.17) is 11.6 Å². The molecule has 10 heteroatoms. The third-order valence-electron chi connectivity index (χ3n) is 4.49. The predicted octanol–water partition coefficient (Wildman–Crippen LogP) is -0.196. The molecule has 2 aliphatic heterocycles. The second-order valence-electron chi connectivity index (χ2n) is 6.08. The SMILES string of the molecule is O=S1(=O)C[C@@H](N2CCN(S(=O)(=O)c3ccccc3Cl)CC2)[C@@H](O)C1. The summed E-state index contributed by atoms with van der Waals surface area (Å²) in [5, 5.41) is 10.1. The minimum Gasteiger partial charge on any atom is -0.390 e. The van der Waals surface area contributed by atoms with E-state index in [0.29, 0.717) is 13.1 Å². The zero-order valence-electron chi connectivity index (χ0n) is 12.9. The minimum absolute atomic E-state index is 0.0728. The highest BCUT2D eigenvalue weighted by Crippen LogP contribution is 2.26. The number of nitrogens with zero attached hydrogens (tertiary/aromatic N) is 2. The van der Waals surface area contributed by atoms with Gasteiger partial charge in [-0.05, 0) is 12.1 Å². The van der Waals surface area contributed by atoms with E-state index in [2.05, 4.69) is 0 Å². The maximum Gasteiger partial charge on any atom is 0.244 e. The van der Waals surface area contributed by atoms with Gasteiger partial charge in [0, 0.05) is 26.2 Å². The Hall–Kier alpha value is -0.710. The number of hydrogen-bond acceptors (Lipinski definition) is 6. The van der Waals surface area contributed by atoms with Gasteiger partial charge < -0.3 is 5.11 Å². The van der Waals surface area contributed by atoms with Gasteiger partial charge in [-0.15, -0.1) is 0 Å². The molecule has 2 atom stereocenters. The fourth-order valence-corrected chi connectivity index (χ4v) is 6.98. The molecule has 1 aromatic rings. The first-order valence-corrected chi connectivity index (χ1v) is 11.2. The zero-order valence-corrected chi connectivity index (χ0v) is 15.3. The molecule has 0 bridgehead atoms. The monoisotopic (exact) mass is 394 g/mol. The maximum atomic E-state index is 12.7. The number of sulfonamides is 1. The van der Waals surface area contributed by atoms with Crippen molar-refractivity contribution in [2.75, 3.05) is 37.7 Å². The van der Waals surface area contributed by atoms with E-state index in [-0.39, 0.29) is 34.5 Å². The summed E-state index contributed by atoms with van der Waals surface area (Å²) in [6.45, 7) is 1.22. The number of sulfone groups is 1. The fourth-order valence-electron chi connectivity index (χ4n) is 3.23. The largest absolute Gasteiger partial charge is 0.390 e. The van der Waals surface area contributed by atoms with Crippen LogP contribution in [0.4, 0.5) is 0 Å². The van der Waals surface area contributed by atoms with Gasteiger partial charge in [0.15, 0.2) is 9.84 Å². The first-order valence-electron chi connectivity index (χ1n) is 7.58. The summed E-state index contributed by atoms with van der Waals surface area (Å²) < 4.78 is 50.0. The first kappa shape index (κ1) is 18.1. The van der Waals surface area contributed by atoms with Crippen LogP contribution in [-0.2, 0) is 19.9 Å². The van der Waals surface area contributed by atoms with E-state index >= 15 is 0 Å². The van der Waals surface area contributed by atoms with Crippen LogP contribution < -0.4 is 0 Å². The molecule has 0 unspecified atom stereocenters. The van der Waals surface area contributed by atoms with Crippen LogP contribution in [0.5, 0.6) is 0 Å². The van der Waals surface area contributed by atoms with Gasteiger partial charge in [0.25, 0.3) is 0 Å². The highest BCUT2D eigenvalue weighted by atomic mass is 35.5. The minimum atomic E-state index is -3.68. The van der Waals surface area contributed by atoms with E-state index < -0.39 is 32.0 Å². The molecule has 0 amide bonds. The van der Waals surface area contributed by atoms with Gasteiger partial charge in [-0.2, -0.15) is 4.31 Å². The second-order valence-corrected chi connectivity index (χ2v) is 10.5. The average Bonchev–Trinajstić information content (AvgIpc) is 2.80. The molecule has 0 aliphatic carbocycles. The number of hydrogen-bond donors (Lipinski definition) is 1. The lowest BCUT2D eigenvalue weighted by molar-refractivity contribution is 0.0618. The molecule has 2 aliphatic rings. The second kappa shape index (κ2) is 6.54. The standard InChI is InChI=1S/C14H19ClN2O5S2/c15-11-3-1-2-4-14(11)24(21,22)17-7-5-16(6-8-17)12-9-23(19,20)10-13(12)18/h1-4,12-13,18H,5-10H2/t12-,13+/m1/s1. The van der Waals surface area contributed by atoms with Crippen molar-refractivity contribution in [1.82, 2.24) is 9.21 Å². The lowest BCUT2D eigenvalue weighted by atomic mass is 10.1. The summed E-state index contributed by atoms with van der Waals surface area (Å²) in [7, 11) is -6.91. The normalized spacial score (nSPS) is 28.9. The lowest BCUT2D eigenvalue weighted by Gasteiger charge is -2.37. The average molecular weight is 395 g/mol. The molecular formula is C14H19ClN2O5S2. The molecule has 0 spiro atoms. The van der Waals surface area contributed by atoms with Crippen molar-refractivity contribution >= 4 is 31.5 Å². The van der Waals surface area contributed by atoms with Crippen LogP contribution in [0.15, 0.2) is 29.2 Å². The number of halogens is 1. The van der Waals surface area contributed by atoms with Crippen molar-refractivity contribution in [2.24, 2.45) is 0 Å². The van der Waals surface area contributed by atoms with Crippen molar-refractivity contribution in [3.63, 3.8) is 0 Å². The molecule has 2 heterocycles. The van der Waals surface area contributed by atoms with Crippen LogP contribution in [-0.4, -0.2) is 81.0 Å². The topological polar surface area (TPSA) is 95.0 Å². The molecule has 0 saturated carbocycles. The summed E-state index contributed by atoms with van der Waals surface area (Å²) in [4.78, 5) is 1.93. The van der Waals surface area contributed by atoms with Gasteiger partial charge in [-0.1, -0.05) is 23.7 Å². The van der Waals surface area contributed by atoms with Gasteiger partial charge >= 0.3 is 0 Å². The Kier molecular flexibility index (Phi) is 4.93. The number of aliphatic hydroxyl groups excluding tert-OH is 1. The highest BCUT2D eigenvalue weighted by Gasteiger charge is 2.41. The Morgan fingerprint density at radius 1 is 1.08 bits per heavy atom. The van der Waals surface area contributed by atoms with E-state index in [0.717, 1.165) is 0 Å². The summed E-state index contributed by atoms with van der Waals surface area (Å²) in [6.07, 6.45) is -0.915.